The third-order valence-electron chi connectivity index (χ3n) is 3.22. The maximum atomic E-state index is 13.6. The molecule has 7 heteroatoms. The Hall–Kier alpha value is -1.99. The SMILES string of the molecule is NC(=O)C1COCCN1Cc1ccc(C(=O)O)c(F)c1. The number of primary amides is 1. The molecule has 108 valence electrons. The largest absolute Gasteiger partial charge is 0.478 e. The van der Waals surface area contributed by atoms with Crippen molar-refractivity contribution in [2.24, 2.45) is 5.73 Å². The Kier molecular flexibility index (Phi) is 4.31. The highest BCUT2D eigenvalue weighted by Gasteiger charge is 2.27. The standard InChI is InChI=1S/C13H15FN2O4/c14-10-5-8(1-2-9(10)13(18)19)6-16-3-4-20-7-11(16)12(15)17/h1-2,5,11H,3-4,6-7H2,(H2,15,17)(H,18,19). The van der Waals surface area contributed by atoms with Gasteiger partial charge >= 0.3 is 5.97 Å². The molecule has 1 aliphatic heterocycles. The Morgan fingerprint density at radius 3 is 2.85 bits per heavy atom. The van der Waals surface area contributed by atoms with Crippen LogP contribution in [-0.2, 0) is 16.1 Å². The van der Waals surface area contributed by atoms with E-state index in [4.69, 9.17) is 15.6 Å². The van der Waals surface area contributed by atoms with E-state index in [1.165, 1.54) is 12.1 Å². The number of carboxylic acids is 1. The maximum Gasteiger partial charge on any atom is 0.338 e. The van der Waals surface area contributed by atoms with Crippen LogP contribution in [0.3, 0.4) is 0 Å². The number of ether oxygens (including phenoxy) is 1. The van der Waals surface area contributed by atoms with Gasteiger partial charge < -0.3 is 15.6 Å². The van der Waals surface area contributed by atoms with E-state index in [1.807, 2.05) is 0 Å². The van der Waals surface area contributed by atoms with Crippen molar-refractivity contribution in [1.82, 2.24) is 4.90 Å². The molecular formula is C13H15FN2O4. The van der Waals surface area contributed by atoms with E-state index in [-0.39, 0.29) is 12.2 Å². The Morgan fingerprint density at radius 1 is 1.50 bits per heavy atom. The molecule has 0 saturated carbocycles. The van der Waals surface area contributed by atoms with Gasteiger partial charge in [-0.15, -0.1) is 0 Å². The lowest BCUT2D eigenvalue weighted by Crippen LogP contribution is -2.51. The van der Waals surface area contributed by atoms with Gasteiger partial charge in [-0.25, -0.2) is 9.18 Å². The Labute approximate surface area is 114 Å². The van der Waals surface area contributed by atoms with Gasteiger partial charge in [0.1, 0.15) is 11.9 Å². The molecule has 1 aromatic rings. The molecule has 2 rings (SSSR count). The van der Waals surface area contributed by atoms with Gasteiger partial charge in [0.2, 0.25) is 5.91 Å². The van der Waals surface area contributed by atoms with Crippen molar-refractivity contribution in [3.8, 4) is 0 Å². The molecule has 0 bridgehead atoms. The van der Waals surface area contributed by atoms with Crippen LogP contribution in [0.15, 0.2) is 18.2 Å². The zero-order valence-electron chi connectivity index (χ0n) is 10.7. The molecule has 0 radical (unpaired) electrons. The molecule has 0 spiro atoms. The van der Waals surface area contributed by atoms with Crippen LogP contribution in [0.2, 0.25) is 0 Å². The van der Waals surface area contributed by atoms with Crippen LogP contribution in [0.5, 0.6) is 0 Å². The minimum atomic E-state index is -1.31. The molecule has 3 N–H and O–H groups in total. The lowest BCUT2D eigenvalue weighted by Gasteiger charge is -2.33. The van der Waals surface area contributed by atoms with Crippen LogP contribution in [0, 0.1) is 5.82 Å². The van der Waals surface area contributed by atoms with Crippen LogP contribution in [0.25, 0.3) is 0 Å². The van der Waals surface area contributed by atoms with Gasteiger partial charge in [-0.05, 0) is 17.7 Å². The Bertz CT molecular complexity index is 535. The van der Waals surface area contributed by atoms with Gasteiger partial charge in [0.25, 0.3) is 0 Å². The van der Waals surface area contributed by atoms with Gasteiger partial charge in [-0.2, -0.15) is 0 Å². The van der Waals surface area contributed by atoms with E-state index in [9.17, 15) is 14.0 Å². The fourth-order valence-electron chi connectivity index (χ4n) is 2.15. The summed E-state index contributed by atoms with van der Waals surface area (Å²) in [6.45, 7) is 1.51. The molecule has 0 aliphatic carbocycles. The number of aromatic carboxylic acids is 1. The number of amides is 1. The molecule has 1 aromatic carbocycles. The highest BCUT2D eigenvalue weighted by molar-refractivity contribution is 5.87. The first-order chi connectivity index (χ1) is 9.49. The third-order valence-corrected chi connectivity index (χ3v) is 3.22. The lowest BCUT2D eigenvalue weighted by atomic mass is 10.1. The van der Waals surface area contributed by atoms with Crippen LogP contribution >= 0.6 is 0 Å². The third kappa shape index (κ3) is 3.12. The zero-order chi connectivity index (χ0) is 14.7. The van der Waals surface area contributed by atoms with Gasteiger partial charge in [0.15, 0.2) is 0 Å². The van der Waals surface area contributed by atoms with Crippen molar-refractivity contribution in [3.05, 3.63) is 35.1 Å². The average molecular weight is 282 g/mol. The summed E-state index contributed by atoms with van der Waals surface area (Å²) >= 11 is 0. The van der Waals surface area contributed by atoms with Crippen LogP contribution < -0.4 is 5.73 Å². The molecular weight excluding hydrogens is 267 g/mol. The van der Waals surface area contributed by atoms with E-state index < -0.39 is 23.7 Å². The molecule has 6 nitrogen and oxygen atoms in total. The van der Waals surface area contributed by atoms with E-state index in [2.05, 4.69) is 0 Å². The summed E-state index contributed by atoms with van der Waals surface area (Å²) in [6, 6.07) is 3.36. The smallest absolute Gasteiger partial charge is 0.338 e. The first-order valence-electron chi connectivity index (χ1n) is 6.12. The number of halogens is 1. The van der Waals surface area contributed by atoms with Crippen molar-refractivity contribution in [3.63, 3.8) is 0 Å². The fourth-order valence-corrected chi connectivity index (χ4v) is 2.15. The molecule has 1 heterocycles. The second-order valence-corrected chi connectivity index (χ2v) is 4.58. The highest BCUT2D eigenvalue weighted by Crippen LogP contribution is 2.15. The summed E-state index contributed by atoms with van der Waals surface area (Å²) in [5.41, 5.74) is 5.50. The second-order valence-electron chi connectivity index (χ2n) is 4.58. The van der Waals surface area contributed by atoms with Gasteiger partial charge in [-0.3, -0.25) is 9.69 Å². The topological polar surface area (TPSA) is 92.9 Å². The Morgan fingerprint density at radius 2 is 2.25 bits per heavy atom. The highest BCUT2D eigenvalue weighted by atomic mass is 19.1. The van der Waals surface area contributed by atoms with Crippen LogP contribution in [0.4, 0.5) is 4.39 Å². The van der Waals surface area contributed by atoms with E-state index in [0.717, 1.165) is 6.07 Å². The van der Waals surface area contributed by atoms with E-state index >= 15 is 0 Å². The molecule has 1 amide bonds. The summed E-state index contributed by atoms with van der Waals surface area (Å²) in [4.78, 5) is 23.8. The number of morpholine rings is 1. The van der Waals surface area contributed by atoms with Crippen molar-refractivity contribution in [2.45, 2.75) is 12.6 Å². The molecule has 1 unspecified atom stereocenters. The first kappa shape index (κ1) is 14.4. The molecule has 1 aliphatic rings. The molecule has 1 saturated heterocycles. The van der Waals surface area contributed by atoms with Crippen molar-refractivity contribution in [1.29, 1.82) is 0 Å². The predicted molar refractivity (Wildman–Crippen MR) is 67.6 cm³/mol. The van der Waals surface area contributed by atoms with Crippen molar-refractivity contribution in [2.75, 3.05) is 19.8 Å². The predicted octanol–water partition coefficient (Wildman–Crippen LogP) is 0.210. The van der Waals surface area contributed by atoms with E-state index in [0.29, 0.717) is 25.3 Å². The van der Waals surface area contributed by atoms with Crippen molar-refractivity contribution < 1.29 is 23.8 Å². The molecule has 20 heavy (non-hydrogen) atoms. The number of hydrogen-bond acceptors (Lipinski definition) is 4. The van der Waals surface area contributed by atoms with Crippen LogP contribution in [-0.4, -0.2) is 47.7 Å². The van der Waals surface area contributed by atoms with Gasteiger partial charge in [0.05, 0.1) is 18.8 Å². The normalized spacial score (nSPS) is 19.8. The summed E-state index contributed by atoms with van der Waals surface area (Å²) in [6.07, 6.45) is 0. The number of carbonyl (C=O) groups is 2. The number of carboxylic acid groups (broad SMARTS) is 1. The molecule has 1 fully saturated rings. The second kappa shape index (κ2) is 5.98. The van der Waals surface area contributed by atoms with Gasteiger partial charge in [-0.1, -0.05) is 6.07 Å². The summed E-state index contributed by atoms with van der Waals surface area (Å²) in [7, 11) is 0. The number of nitrogens with zero attached hydrogens (tertiary/aromatic N) is 1. The number of benzene rings is 1. The van der Waals surface area contributed by atoms with Crippen molar-refractivity contribution >= 4 is 11.9 Å². The Balaban J connectivity index is 2.14. The minimum absolute atomic E-state index is 0.213. The first-order valence-corrected chi connectivity index (χ1v) is 6.12. The molecule has 1 atom stereocenters. The number of nitrogens with two attached hydrogens (primary N) is 1. The minimum Gasteiger partial charge on any atom is -0.478 e. The maximum absolute atomic E-state index is 13.6. The zero-order valence-corrected chi connectivity index (χ0v) is 10.7. The number of carbonyl (C=O) groups excluding carboxylic acids is 1. The summed E-state index contributed by atoms with van der Waals surface area (Å²) < 4.78 is 18.8. The van der Waals surface area contributed by atoms with Crippen LogP contribution in [0.1, 0.15) is 15.9 Å². The lowest BCUT2D eigenvalue weighted by molar-refractivity contribution is -0.129. The monoisotopic (exact) mass is 282 g/mol. The fraction of sp³-hybridized carbons (Fsp3) is 0.385. The number of hydrogen-bond donors (Lipinski definition) is 2. The summed E-state index contributed by atoms with van der Waals surface area (Å²) in [5, 5.41) is 8.76. The number of rotatable bonds is 4. The van der Waals surface area contributed by atoms with E-state index in [1.54, 1.807) is 4.90 Å². The van der Waals surface area contributed by atoms with Gasteiger partial charge in [0, 0.05) is 13.1 Å². The quantitative estimate of drug-likeness (QED) is 0.823. The average Bonchev–Trinajstić information content (AvgIpc) is 2.38. The molecule has 0 aromatic heterocycles. The summed E-state index contributed by atoms with van der Waals surface area (Å²) in [5.74, 6) is -2.60.